The van der Waals surface area contributed by atoms with Crippen LogP contribution >= 0.6 is 0 Å². The first-order chi connectivity index (χ1) is 22.9. The topological polar surface area (TPSA) is 91.3 Å². The first kappa shape index (κ1) is 63.1. The van der Waals surface area contributed by atoms with Gasteiger partial charge in [0.05, 0.1) is 52.7 Å². The second-order valence-corrected chi connectivity index (χ2v) is 13.5. The molecule has 8 nitrogen and oxygen atoms in total. The molecule has 3 aliphatic rings. The Bertz CT molecular complexity index is 853. The van der Waals surface area contributed by atoms with Crippen LogP contribution in [-0.4, -0.2) is 112 Å². The molecule has 3 fully saturated rings. The molecule has 0 radical (unpaired) electrons. The van der Waals surface area contributed by atoms with E-state index in [1.165, 1.54) is 32.5 Å². The van der Waals surface area contributed by atoms with E-state index < -0.39 is 5.97 Å². The molecule has 1 N–H and O–H groups in total. The van der Waals surface area contributed by atoms with Crippen molar-refractivity contribution in [3.63, 3.8) is 0 Å². The van der Waals surface area contributed by atoms with Crippen LogP contribution in [0, 0.1) is 35.5 Å². The van der Waals surface area contributed by atoms with E-state index in [0.29, 0.717) is 48.2 Å². The number of rotatable bonds is 19. The molecule has 8 heteroatoms. The number of carbonyl (C=O) groups is 1. The van der Waals surface area contributed by atoms with Crippen molar-refractivity contribution in [3.05, 3.63) is 50.6 Å². The lowest BCUT2D eigenvalue weighted by Gasteiger charge is -2.37. The Morgan fingerprint density at radius 2 is 1.17 bits per heavy atom. The highest BCUT2D eigenvalue weighted by molar-refractivity contribution is 5.60. The number of quaternary nitrogens is 1. The maximum atomic E-state index is 10.3. The number of carboxylic acids is 1. The second-order valence-electron chi connectivity index (χ2n) is 13.5. The highest BCUT2D eigenvalue weighted by Gasteiger charge is 2.33. The normalized spacial score (nSPS) is 23.2. The molecule has 0 amide bonds. The molecule has 1 heterocycles. The Kier molecular flexibility index (Phi) is 44.2. The molecular formula is C45H94N2O6. The predicted molar refractivity (Wildman–Crippen MR) is 232 cm³/mol. The van der Waals surface area contributed by atoms with Crippen molar-refractivity contribution in [1.82, 2.24) is 4.90 Å². The van der Waals surface area contributed by atoms with Gasteiger partial charge in [-0.3, -0.25) is 0 Å². The number of carboxylic acid groups (broad SMARTS) is 1. The Morgan fingerprint density at radius 1 is 0.774 bits per heavy atom. The summed E-state index contributed by atoms with van der Waals surface area (Å²) in [5.74, 6) is 2.44. The summed E-state index contributed by atoms with van der Waals surface area (Å²) in [6.45, 7) is 40.9. The number of carbonyl (C=O) groups excluding carboxylic acids is 1. The van der Waals surface area contributed by atoms with Crippen molar-refractivity contribution >= 4 is 5.97 Å². The number of aliphatic hydroxyl groups excluding tert-OH is 1. The monoisotopic (exact) mass is 759 g/mol. The average molecular weight is 759 g/mol. The van der Waals surface area contributed by atoms with E-state index in [9.17, 15) is 5.11 Å². The van der Waals surface area contributed by atoms with Gasteiger partial charge < -0.3 is 38.6 Å². The lowest BCUT2D eigenvalue weighted by molar-refractivity contribution is -0.926. The van der Waals surface area contributed by atoms with Gasteiger partial charge in [-0.05, 0) is 109 Å². The van der Waals surface area contributed by atoms with Crippen LogP contribution in [0.3, 0.4) is 0 Å². The number of hydrogen-bond donors (Lipinski definition) is 1. The molecule has 2 saturated carbocycles. The van der Waals surface area contributed by atoms with Gasteiger partial charge >= 0.3 is 0 Å². The lowest BCUT2D eigenvalue weighted by Crippen LogP contribution is -2.52. The highest BCUT2D eigenvalue weighted by atomic mass is 16.6. The van der Waals surface area contributed by atoms with E-state index in [1.807, 2.05) is 0 Å². The van der Waals surface area contributed by atoms with Crippen LogP contribution in [-0.2, 0) is 19.0 Å². The zero-order valence-electron chi connectivity index (χ0n) is 32.0. The van der Waals surface area contributed by atoms with Crippen molar-refractivity contribution in [2.45, 2.75) is 123 Å². The first-order valence-electron chi connectivity index (χ1n) is 18.7. The standard InChI is InChI=1S/C19H36NO2.C13H20O2.C6H15N.C2H4O2.5CH4/c1-6-16-11-17(7-2)18(12-16)14-22-15-19(21)13-20(8-3,9-4)10-5;1-3-10-5-11(4-2)12(6-10)7-15-13-8-14-9-13;1-4-7(5-2)6-3;1-2(3)4;;;;;/h6-7,16-19,21H,1-2,8-15H2,3-5H3;3-4,10-13H,1-2,5-9H2;4-6H2,1-3H3;1H3,(H,3,4);5*1H4/q+1;;;;;;;;/p-1. The molecule has 3 rings (SSSR count). The van der Waals surface area contributed by atoms with Gasteiger partial charge in [0.1, 0.15) is 18.8 Å². The van der Waals surface area contributed by atoms with E-state index in [2.05, 4.69) is 97.1 Å². The van der Waals surface area contributed by atoms with Crippen LogP contribution in [0.4, 0.5) is 0 Å². The van der Waals surface area contributed by atoms with Gasteiger partial charge in [-0.25, -0.2) is 0 Å². The predicted octanol–water partition coefficient (Wildman–Crippen LogP) is 8.96. The van der Waals surface area contributed by atoms with Gasteiger partial charge in [0, 0.05) is 5.97 Å². The molecular weight excluding hydrogens is 665 g/mol. The number of aliphatic carboxylic acids is 1. The molecule has 7 unspecified atom stereocenters. The van der Waals surface area contributed by atoms with E-state index in [4.69, 9.17) is 24.1 Å². The molecule has 320 valence electrons. The van der Waals surface area contributed by atoms with Crippen molar-refractivity contribution in [1.29, 1.82) is 0 Å². The van der Waals surface area contributed by atoms with Crippen LogP contribution in [0.5, 0.6) is 0 Å². The summed E-state index contributed by atoms with van der Waals surface area (Å²) in [7, 11) is 0. The summed E-state index contributed by atoms with van der Waals surface area (Å²) in [6.07, 6.45) is 12.9. The highest BCUT2D eigenvalue weighted by Crippen LogP contribution is 2.39. The molecule has 0 aromatic rings. The van der Waals surface area contributed by atoms with E-state index in [1.54, 1.807) is 0 Å². The fraction of sp³-hybridized carbons (Fsp3) is 0.800. The molecule has 0 spiro atoms. The zero-order chi connectivity index (χ0) is 36.5. The van der Waals surface area contributed by atoms with Crippen molar-refractivity contribution in [3.8, 4) is 0 Å². The molecule has 0 aromatic carbocycles. The molecule has 0 bridgehead atoms. The fourth-order valence-corrected chi connectivity index (χ4v) is 6.90. The fourth-order valence-electron chi connectivity index (χ4n) is 6.90. The first-order valence-corrected chi connectivity index (χ1v) is 18.7. The minimum atomic E-state index is -1.08. The van der Waals surface area contributed by atoms with Gasteiger partial charge in [-0.2, -0.15) is 0 Å². The van der Waals surface area contributed by atoms with Crippen LogP contribution in [0.2, 0.25) is 0 Å². The average Bonchev–Trinajstić information content (AvgIpc) is 3.67. The number of aliphatic hydroxyl groups is 1. The molecule has 2 aliphatic carbocycles. The van der Waals surface area contributed by atoms with Gasteiger partial charge in [0.2, 0.25) is 0 Å². The van der Waals surface area contributed by atoms with Crippen molar-refractivity contribution in [2.75, 3.05) is 78.8 Å². The SMILES string of the molecule is C.C.C.C.C.C=CC1CC(C=C)C(COC2COC2)C1.C=CC1CC(C=C)C(COCC(O)C[N+](CC)(CC)CC)C1.CC(=O)[O-].CCN(CC)CC. The lowest BCUT2D eigenvalue weighted by atomic mass is 9.97. The Hall–Kier alpha value is -1.81. The Balaban J connectivity index is -0.000000155. The number of hydrogen-bond acceptors (Lipinski definition) is 7. The minimum Gasteiger partial charge on any atom is -0.550 e. The Labute approximate surface area is 332 Å². The maximum Gasteiger partial charge on any atom is 0.126 e. The van der Waals surface area contributed by atoms with Crippen LogP contribution in [0.25, 0.3) is 0 Å². The second kappa shape index (κ2) is 37.1. The summed E-state index contributed by atoms with van der Waals surface area (Å²) in [4.78, 5) is 11.3. The largest absolute Gasteiger partial charge is 0.550 e. The maximum absolute atomic E-state index is 10.3. The number of allylic oxidation sites excluding steroid dienone is 4. The van der Waals surface area contributed by atoms with Crippen LogP contribution in [0.1, 0.15) is 111 Å². The zero-order valence-corrected chi connectivity index (χ0v) is 32.0. The Morgan fingerprint density at radius 3 is 1.45 bits per heavy atom. The van der Waals surface area contributed by atoms with E-state index >= 15 is 0 Å². The third-order valence-electron chi connectivity index (χ3n) is 10.6. The van der Waals surface area contributed by atoms with Crippen molar-refractivity contribution < 1.29 is 33.7 Å². The third kappa shape index (κ3) is 25.8. The van der Waals surface area contributed by atoms with Crippen LogP contribution in [0.15, 0.2) is 50.6 Å². The molecule has 7 atom stereocenters. The van der Waals surface area contributed by atoms with E-state index in [-0.39, 0.29) is 43.2 Å². The smallest absolute Gasteiger partial charge is 0.126 e. The quantitative estimate of drug-likeness (QED) is 0.104. The van der Waals surface area contributed by atoms with Gasteiger partial charge in [-0.15, -0.1) is 26.3 Å². The third-order valence-corrected chi connectivity index (χ3v) is 10.6. The summed E-state index contributed by atoms with van der Waals surface area (Å²) < 4.78 is 17.7. The summed E-state index contributed by atoms with van der Waals surface area (Å²) in [5, 5.41) is 19.2. The van der Waals surface area contributed by atoms with Gasteiger partial charge in [-0.1, -0.05) is 82.2 Å². The number of ether oxygens (including phenoxy) is 3. The van der Waals surface area contributed by atoms with Gasteiger partial charge in [0.15, 0.2) is 0 Å². The van der Waals surface area contributed by atoms with E-state index in [0.717, 1.165) is 76.9 Å². The summed E-state index contributed by atoms with van der Waals surface area (Å²) in [5.41, 5.74) is 0. The summed E-state index contributed by atoms with van der Waals surface area (Å²) >= 11 is 0. The molecule has 53 heavy (non-hydrogen) atoms. The van der Waals surface area contributed by atoms with Crippen LogP contribution < -0.4 is 5.11 Å². The van der Waals surface area contributed by atoms with Crippen molar-refractivity contribution in [2.24, 2.45) is 35.5 Å². The number of nitrogens with zero attached hydrogens (tertiary/aromatic N) is 2. The summed E-state index contributed by atoms with van der Waals surface area (Å²) in [6, 6.07) is 0. The molecule has 1 aliphatic heterocycles. The number of likely N-dealkylation sites (N-methyl/N-ethyl adjacent to an activating group) is 1. The van der Waals surface area contributed by atoms with Gasteiger partial charge in [0.25, 0.3) is 0 Å². The minimum absolute atomic E-state index is 0. The molecule has 0 aromatic heterocycles. The molecule has 1 saturated heterocycles.